The van der Waals surface area contributed by atoms with E-state index in [1.807, 2.05) is 18.2 Å². The zero-order chi connectivity index (χ0) is 20.1. The maximum Gasteiger partial charge on any atom is 0.240 e. The molecule has 1 atom stereocenters. The molecule has 29 heavy (non-hydrogen) atoms. The Balaban J connectivity index is 1.35. The van der Waals surface area contributed by atoms with Crippen molar-refractivity contribution in [3.63, 3.8) is 0 Å². The maximum absolute atomic E-state index is 5.56. The van der Waals surface area contributed by atoms with Gasteiger partial charge in [0.15, 0.2) is 5.82 Å². The number of aromatic nitrogens is 4. The average Bonchev–Trinajstić information content (AvgIpc) is 3.23. The van der Waals surface area contributed by atoms with Crippen LogP contribution < -0.4 is 9.64 Å². The second-order valence-corrected chi connectivity index (χ2v) is 7.08. The van der Waals surface area contributed by atoms with Crippen molar-refractivity contribution in [2.75, 3.05) is 38.2 Å². The Morgan fingerprint density at radius 1 is 1.07 bits per heavy atom. The number of methoxy groups -OCH3 is 1. The monoisotopic (exact) mass is 394 g/mol. The molecule has 4 rings (SSSR count). The van der Waals surface area contributed by atoms with Gasteiger partial charge in [0.05, 0.1) is 13.7 Å². The van der Waals surface area contributed by atoms with Gasteiger partial charge in [-0.1, -0.05) is 42.4 Å². The Bertz CT molecular complexity index is 908. The quantitative estimate of drug-likeness (QED) is 0.605. The lowest BCUT2D eigenvalue weighted by atomic mass is 9.96. The molecule has 1 aliphatic heterocycles. The highest BCUT2D eigenvalue weighted by molar-refractivity contribution is 5.32. The van der Waals surface area contributed by atoms with Crippen molar-refractivity contribution in [3.05, 3.63) is 59.9 Å². The molecule has 0 aliphatic carbocycles. The zero-order valence-electron chi connectivity index (χ0n) is 16.9. The SMILES string of the molecule is CCC(c1ccccc1)c1noc(CN2CCN(c3nccc(OC)n3)CC2)n1. The molecular formula is C21H26N6O2. The maximum atomic E-state index is 5.56. The van der Waals surface area contributed by atoms with E-state index in [1.165, 1.54) is 5.56 Å². The fraction of sp³-hybridized carbons (Fsp3) is 0.429. The van der Waals surface area contributed by atoms with Crippen LogP contribution in [-0.2, 0) is 6.54 Å². The smallest absolute Gasteiger partial charge is 0.240 e. The van der Waals surface area contributed by atoms with Crippen LogP contribution in [0.25, 0.3) is 0 Å². The van der Waals surface area contributed by atoms with Crippen molar-refractivity contribution >= 4 is 5.95 Å². The van der Waals surface area contributed by atoms with Gasteiger partial charge in [0, 0.05) is 44.4 Å². The van der Waals surface area contributed by atoms with Crippen LogP contribution in [0.15, 0.2) is 47.1 Å². The first kappa shape index (κ1) is 19.3. The normalized spacial score (nSPS) is 16.0. The Morgan fingerprint density at radius 2 is 1.86 bits per heavy atom. The van der Waals surface area contributed by atoms with Crippen LogP contribution in [0.4, 0.5) is 5.95 Å². The summed E-state index contributed by atoms with van der Waals surface area (Å²) in [5, 5.41) is 4.25. The molecule has 1 unspecified atom stereocenters. The van der Waals surface area contributed by atoms with Gasteiger partial charge >= 0.3 is 0 Å². The van der Waals surface area contributed by atoms with Crippen LogP contribution in [0.5, 0.6) is 5.88 Å². The number of benzene rings is 1. The minimum Gasteiger partial charge on any atom is -0.481 e. The molecule has 152 valence electrons. The Kier molecular flexibility index (Phi) is 6.00. The number of hydrogen-bond donors (Lipinski definition) is 0. The molecule has 0 bridgehead atoms. The molecule has 2 aromatic heterocycles. The van der Waals surface area contributed by atoms with Crippen LogP contribution in [0.1, 0.15) is 36.5 Å². The molecule has 0 radical (unpaired) electrons. The van der Waals surface area contributed by atoms with E-state index >= 15 is 0 Å². The topological polar surface area (TPSA) is 80.4 Å². The number of nitrogens with zero attached hydrogens (tertiary/aromatic N) is 6. The first-order valence-corrected chi connectivity index (χ1v) is 9.98. The summed E-state index contributed by atoms with van der Waals surface area (Å²) in [6.07, 6.45) is 2.66. The van der Waals surface area contributed by atoms with Gasteiger partial charge in [-0.2, -0.15) is 9.97 Å². The molecule has 0 spiro atoms. The summed E-state index contributed by atoms with van der Waals surface area (Å²) in [5.41, 5.74) is 1.22. The highest BCUT2D eigenvalue weighted by Crippen LogP contribution is 2.25. The summed E-state index contributed by atoms with van der Waals surface area (Å²) in [6, 6.07) is 12.1. The van der Waals surface area contributed by atoms with E-state index in [2.05, 4.69) is 49.0 Å². The van der Waals surface area contributed by atoms with E-state index < -0.39 is 0 Å². The van der Waals surface area contributed by atoms with Crippen LogP contribution in [0.3, 0.4) is 0 Å². The summed E-state index contributed by atoms with van der Waals surface area (Å²) < 4.78 is 10.7. The number of hydrogen-bond acceptors (Lipinski definition) is 8. The third-order valence-electron chi connectivity index (χ3n) is 5.25. The van der Waals surface area contributed by atoms with Gasteiger partial charge in [0.1, 0.15) is 0 Å². The van der Waals surface area contributed by atoms with Gasteiger partial charge < -0.3 is 14.2 Å². The molecule has 8 heteroatoms. The summed E-state index contributed by atoms with van der Waals surface area (Å²) in [6.45, 7) is 6.26. The predicted octanol–water partition coefficient (Wildman–Crippen LogP) is 2.73. The number of anilines is 1. The van der Waals surface area contributed by atoms with E-state index in [0.29, 0.717) is 24.3 Å². The Hall–Kier alpha value is -3.00. The van der Waals surface area contributed by atoms with Crippen LogP contribution in [0.2, 0.25) is 0 Å². The van der Waals surface area contributed by atoms with E-state index in [9.17, 15) is 0 Å². The van der Waals surface area contributed by atoms with Crippen LogP contribution in [-0.4, -0.2) is 58.3 Å². The highest BCUT2D eigenvalue weighted by Gasteiger charge is 2.23. The van der Waals surface area contributed by atoms with Gasteiger partial charge in [0.2, 0.25) is 17.7 Å². The molecule has 0 saturated carbocycles. The Morgan fingerprint density at radius 3 is 2.59 bits per heavy atom. The van der Waals surface area contributed by atoms with Crippen molar-refractivity contribution < 1.29 is 9.26 Å². The van der Waals surface area contributed by atoms with Gasteiger partial charge in [0.25, 0.3) is 0 Å². The van der Waals surface area contributed by atoms with Gasteiger partial charge in [-0.25, -0.2) is 4.98 Å². The van der Waals surface area contributed by atoms with Crippen molar-refractivity contribution in [3.8, 4) is 5.88 Å². The largest absolute Gasteiger partial charge is 0.481 e. The summed E-state index contributed by atoms with van der Waals surface area (Å²) in [5.74, 6) is 2.88. The summed E-state index contributed by atoms with van der Waals surface area (Å²) in [4.78, 5) is 17.9. The molecule has 1 saturated heterocycles. The molecule has 1 aliphatic rings. The van der Waals surface area contributed by atoms with Gasteiger partial charge in [-0.3, -0.25) is 4.90 Å². The lowest BCUT2D eigenvalue weighted by Crippen LogP contribution is -2.46. The minimum absolute atomic E-state index is 0.163. The van der Waals surface area contributed by atoms with E-state index in [4.69, 9.17) is 9.26 Å². The molecule has 8 nitrogen and oxygen atoms in total. The standard InChI is InChI=1S/C21H26N6O2/c1-3-17(16-7-5-4-6-8-16)20-23-19(29-25-20)15-26-11-13-27(14-12-26)21-22-10-9-18(24-21)28-2/h4-10,17H,3,11-15H2,1-2H3. The van der Waals surface area contributed by atoms with E-state index in [1.54, 1.807) is 19.4 Å². The number of ether oxygens (including phenoxy) is 1. The Labute approximate surface area is 170 Å². The molecule has 0 N–H and O–H groups in total. The first-order chi connectivity index (χ1) is 14.3. The van der Waals surface area contributed by atoms with E-state index in [-0.39, 0.29) is 5.92 Å². The van der Waals surface area contributed by atoms with Gasteiger partial charge in [-0.15, -0.1) is 0 Å². The summed E-state index contributed by atoms with van der Waals surface area (Å²) in [7, 11) is 1.61. The second kappa shape index (κ2) is 9.00. The van der Waals surface area contributed by atoms with Crippen molar-refractivity contribution in [2.45, 2.75) is 25.8 Å². The van der Waals surface area contributed by atoms with Crippen LogP contribution in [0, 0.1) is 0 Å². The predicted molar refractivity (Wildman–Crippen MR) is 109 cm³/mol. The number of piperazine rings is 1. The highest BCUT2D eigenvalue weighted by atomic mass is 16.5. The lowest BCUT2D eigenvalue weighted by Gasteiger charge is -2.33. The fourth-order valence-electron chi connectivity index (χ4n) is 3.62. The first-order valence-electron chi connectivity index (χ1n) is 9.98. The van der Waals surface area contributed by atoms with Crippen molar-refractivity contribution in [1.82, 2.24) is 25.0 Å². The minimum atomic E-state index is 0.163. The molecule has 0 amide bonds. The van der Waals surface area contributed by atoms with Gasteiger partial charge in [-0.05, 0) is 12.0 Å². The zero-order valence-corrected chi connectivity index (χ0v) is 16.9. The van der Waals surface area contributed by atoms with Crippen LogP contribution >= 0.6 is 0 Å². The van der Waals surface area contributed by atoms with Crippen molar-refractivity contribution in [1.29, 1.82) is 0 Å². The number of rotatable bonds is 7. The lowest BCUT2D eigenvalue weighted by molar-refractivity contribution is 0.214. The summed E-state index contributed by atoms with van der Waals surface area (Å²) >= 11 is 0. The molecular weight excluding hydrogens is 368 g/mol. The molecule has 3 heterocycles. The second-order valence-electron chi connectivity index (χ2n) is 7.08. The molecule has 1 aromatic carbocycles. The average molecular weight is 394 g/mol. The third kappa shape index (κ3) is 4.54. The third-order valence-corrected chi connectivity index (χ3v) is 5.25. The van der Waals surface area contributed by atoms with E-state index in [0.717, 1.165) is 38.4 Å². The molecule has 1 fully saturated rings. The molecule has 3 aromatic rings. The fourth-order valence-corrected chi connectivity index (χ4v) is 3.62. The van der Waals surface area contributed by atoms with Crippen molar-refractivity contribution in [2.24, 2.45) is 0 Å².